The molecule has 0 unspecified atom stereocenters. The molecule has 130 valence electrons. The van der Waals surface area contributed by atoms with E-state index in [1.807, 2.05) is 12.1 Å². The highest BCUT2D eigenvalue weighted by atomic mass is 16.5. The summed E-state index contributed by atoms with van der Waals surface area (Å²) in [5.41, 5.74) is 1.30. The Hall–Kier alpha value is -3.46. The van der Waals surface area contributed by atoms with Gasteiger partial charge in [0.25, 0.3) is 11.8 Å². The minimum atomic E-state index is -1.14. The van der Waals surface area contributed by atoms with Gasteiger partial charge in [0, 0.05) is 6.42 Å². The largest absolute Gasteiger partial charge is 0.446 e. The smallest absolute Gasteiger partial charge is 0.331 e. The van der Waals surface area contributed by atoms with Crippen LogP contribution in [0.1, 0.15) is 33.2 Å². The molecule has 3 rings (SSSR count). The van der Waals surface area contributed by atoms with Crippen LogP contribution >= 0.6 is 0 Å². The average Bonchev–Trinajstić information content (AvgIpc) is 2.91. The number of hydrogen-bond donors (Lipinski definition) is 0. The standard InChI is InChI=1S/C20H16N2O4/c1-13(12-21)26-20(25)17(11-14-7-3-2-4-8-14)22-18(23)15-9-5-6-10-16(15)19(22)24/h2-10,13,17H,11H2,1H3/t13-,17+/m1/s1. The van der Waals surface area contributed by atoms with Gasteiger partial charge in [-0.05, 0) is 24.6 Å². The van der Waals surface area contributed by atoms with E-state index in [9.17, 15) is 14.4 Å². The maximum atomic E-state index is 12.7. The van der Waals surface area contributed by atoms with Crippen molar-refractivity contribution in [2.45, 2.75) is 25.5 Å². The summed E-state index contributed by atoms with van der Waals surface area (Å²) in [6.07, 6.45) is -0.862. The third kappa shape index (κ3) is 3.20. The van der Waals surface area contributed by atoms with Gasteiger partial charge < -0.3 is 4.74 Å². The Bertz CT molecular complexity index is 867. The number of nitrogens with zero attached hydrogens (tertiary/aromatic N) is 2. The van der Waals surface area contributed by atoms with Crippen molar-refractivity contribution in [1.29, 1.82) is 5.26 Å². The number of imide groups is 1. The molecule has 0 bridgehead atoms. The van der Waals surface area contributed by atoms with Crippen molar-refractivity contribution in [3.05, 3.63) is 71.3 Å². The van der Waals surface area contributed by atoms with E-state index in [0.29, 0.717) is 0 Å². The molecule has 0 aliphatic carbocycles. The molecule has 0 saturated carbocycles. The summed E-state index contributed by atoms with van der Waals surface area (Å²) < 4.78 is 5.10. The number of carbonyl (C=O) groups excluding carboxylic acids is 3. The fourth-order valence-electron chi connectivity index (χ4n) is 2.89. The highest BCUT2D eigenvalue weighted by molar-refractivity contribution is 6.22. The Balaban J connectivity index is 1.96. The summed E-state index contributed by atoms with van der Waals surface area (Å²) in [6, 6.07) is 16.1. The van der Waals surface area contributed by atoms with Crippen LogP contribution in [0.2, 0.25) is 0 Å². The summed E-state index contributed by atoms with van der Waals surface area (Å²) in [7, 11) is 0. The van der Waals surface area contributed by atoms with Crippen molar-refractivity contribution < 1.29 is 19.1 Å². The molecule has 2 amide bonds. The number of ether oxygens (including phenoxy) is 1. The highest BCUT2D eigenvalue weighted by Crippen LogP contribution is 2.26. The normalized spacial score (nSPS) is 15.2. The van der Waals surface area contributed by atoms with Gasteiger partial charge in [0.05, 0.1) is 11.1 Å². The van der Waals surface area contributed by atoms with Crippen molar-refractivity contribution in [2.24, 2.45) is 0 Å². The maximum Gasteiger partial charge on any atom is 0.331 e. The van der Waals surface area contributed by atoms with E-state index >= 15 is 0 Å². The van der Waals surface area contributed by atoms with Crippen molar-refractivity contribution in [1.82, 2.24) is 4.90 Å². The molecule has 0 aromatic heterocycles. The number of rotatable bonds is 5. The fraction of sp³-hybridized carbons (Fsp3) is 0.200. The zero-order chi connectivity index (χ0) is 18.7. The molecule has 1 aliphatic rings. The Morgan fingerprint density at radius 1 is 1.04 bits per heavy atom. The van der Waals surface area contributed by atoms with E-state index in [1.165, 1.54) is 6.92 Å². The molecule has 26 heavy (non-hydrogen) atoms. The van der Waals surface area contributed by atoms with Gasteiger partial charge in [-0.1, -0.05) is 42.5 Å². The van der Waals surface area contributed by atoms with Crippen LogP contribution in [0.3, 0.4) is 0 Å². The molecule has 6 heteroatoms. The van der Waals surface area contributed by atoms with Crippen molar-refractivity contribution >= 4 is 17.8 Å². The predicted octanol–water partition coefficient (Wildman–Crippen LogP) is 2.35. The number of nitriles is 1. The van der Waals surface area contributed by atoms with Gasteiger partial charge in [-0.3, -0.25) is 14.5 Å². The Morgan fingerprint density at radius 3 is 2.12 bits per heavy atom. The quantitative estimate of drug-likeness (QED) is 0.611. The van der Waals surface area contributed by atoms with Gasteiger partial charge in [-0.15, -0.1) is 0 Å². The summed E-state index contributed by atoms with van der Waals surface area (Å²) in [6.45, 7) is 1.43. The van der Waals surface area contributed by atoms with Crippen LogP contribution < -0.4 is 0 Å². The molecular formula is C20H16N2O4. The monoisotopic (exact) mass is 348 g/mol. The molecule has 0 spiro atoms. The first-order chi connectivity index (χ1) is 12.5. The lowest BCUT2D eigenvalue weighted by Crippen LogP contribution is -2.47. The van der Waals surface area contributed by atoms with Crippen LogP contribution in [0.4, 0.5) is 0 Å². The molecule has 1 aliphatic heterocycles. The number of esters is 1. The lowest BCUT2D eigenvalue weighted by atomic mass is 10.0. The molecule has 2 aromatic rings. The first-order valence-electron chi connectivity index (χ1n) is 8.14. The van der Waals surface area contributed by atoms with Crippen molar-refractivity contribution in [3.63, 3.8) is 0 Å². The van der Waals surface area contributed by atoms with Gasteiger partial charge in [-0.25, -0.2) is 4.79 Å². The molecular weight excluding hydrogens is 332 g/mol. The molecule has 1 heterocycles. The lowest BCUT2D eigenvalue weighted by molar-refractivity contribution is -0.150. The minimum absolute atomic E-state index is 0.114. The van der Waals surface area contributed by atoms with Gasteiger partial charge in [0.1, 0.15) is 12.1 Å². The second kappa shape index (κ2) is 7.19. The van der Waals surface area contributed by atoms with E-state index in [0.717, 1.165) is 10.5 Å². The molecule has 0 saturated heterocycles. The maximum absolute atomic E-state index is 12.7. The molecule has 0 fully saturated rings. The third-order valence-corrected chi connectivity index (χ3v) is 4.16. The Kier molecular flexibility index (Phi) is 4.81. The number of carbonyl (C=O) groups is 3. The van der Waals surface area contributed by atoms with Crippen LogP contribution in [0, 0.1) is 11.3 Å². The fourth-order valence-corrected chi connectivity index (χ4v) is 2.89. The number of amides is 2. The summed E-state index contributed by atoms with van der Waals surface area (Å²) in [5, 5.41) is 8.89. The zero-order valence-electron chi connectivity index (χ0n) is 14.1. The third-order valence-electron chi connectivity index (χ3n) is 4.16. The Morgan fingerprint density at radius 2 is 1.58 bits per heavy atom. The Labute approximate surface area is 150 Å². The summed E-state index contributed by atoms with van der Waals surface area (Å²) >= 11 is 0. The second-order valence-electron chi connectivity index (χ2n) is 5.94. The first-order valence-corrected chi connectivity index (χ1v) is 8.14. The van der Waals surface area contributed by atoms with Gasteiger partial charge in [0.2, 0.25) is 0 Å². The van der Waals surface area contributed by atoms with Crippen LogP contribution in [0.25, 0.3) is 0 Å². The number of benzene rings is 2. The van der Waals surface area contributed by atoms with E-state index < -0.39 is 29.9 Å². The van der Waals surface area contributed by atoms with Crippen molar-refractivity contribution in [2.75, 3.05) is 0 Å². The zero-order valence-corrected chi connectivity index (χ0v) is 14.1. The van der Waals surface area contributed by atoms with Crippen LogP contribution in [0.15, 0.2) is 54.6 Å². The molecule has 0 N–H and O–H groups in total. The van der Waals surface area contributed by atoms with E-state index in [1.54, 1.807) is 48.5 Å². The van der Waals surface area contributed by atoms with Crippen LogP contribution in [0.5, 0.6) is 0 Å². The first kappa shape index (κ1) is 17.4. The number of fused-ring (bicyclic) bond motifs is 1. The highest BCUT2D eigenvalue weighted by Gasteiger charge is 2.43. The van der Waals surface area contributed by atoms with E-state index in [2.05, 4.69) is 0 Å². The number of hydrogen-bond acceptors (Lipinski definition) is 5. The predicted molar refractivity (Wildman–Crippen MR) is 92.0 cm³/mol. The van der Waals surface area contributed by atoms with E-state index in [4.69, 9.17) is 10.00 Å². The summed E-state index contributed by atoms with van der Waals surface area (Å²) in [5.74, 6) is -1.85. The van der Waals surface area contributed by atoms with Gasteiger partial charge in [-0.2, -0.15) is 5.26 Å². The summed E-state index contributed by atoms with van der Waals surface area (Å²) in [4.78, 5) is 39.0. The van der Waals surface area contributed by atoms with Gasteiger partial charge in [0.15, 0.2) is 6.10 Å². The van der Waals surface area contributed by atoms with Gasteiger partial charge >= 0.3 is 5.97 Å². The van der Waals surface area contributed by atoms with E-state index in [-0.39, 0.29) is 17.5 Å². The SMILES string of the molecule is C[C@H](C#N)OC(=O)[C@H](Cc1ccccc1)N1C(=O)c2ccccc2C1=O. The second-order valence-corrected chi connectivity index (χ2v) is 5.94. The average molecular weight is 348 g/mol. The van der Waals surface area contributed by atoms with Crippen molar-refractivity contribution in [3.8, 4) is 6.07 Å². The molecule has 0 radical (unpaired) electrons. The molecule has 6 nitrogen and oxygen atoms in total. The van der Waals surface area contributed by atoms with Crippen LogP contribution in [-0.4, -0.2) is 34.8 Å². The van der Waals surface area contributed by atoms with Crippen LogP contribution in [-0.2, 0) is 16.0 Å². The topological polar surface area (TPSA) is 87.5 Å². The molecule has 2 aromatic carbocycles. The minimum Gasteiger partial charge on any atom is -0.446 e. The lowest BCUT2D eigenvalue weighted by Gasteiger charge is -2.25. The molecule has 2 atom stereocenters.